The molecule has 0 saturated carbocycles. The molecule has 1 N–H and O–H groups in total. The molecule has 0 radical (unpaired) electrons. The van der Waals surface area contributed by atoms with Crippen molar-refractivity contribution < 1.29 is 8.95 Å². The molecule has 0 amide bonds. The zero-order valence-corrected chi connectivity index (χ0v) is 10.4. The molecule has 0 aliphatic rings. The third kappa shape index (κ3) is 2.72. The van der Waals surface area contributed by atoms with Crippen LogP contribution in [0.25, 0.3) is 0 Å². The van der Waals surface area contributed by atoms with Gasteiger partial charge in [-0.1, -0.05) is 19.9 Å². The Kier molecular flexibility index (Phi) is 3.39. The molecular formula is C11H17NO2S. The van der Waals surface area contributed by atoms with Crippen molar-refractivity contribution in [3.63, 3.8) is 0 Å². The fourth-order valence-electron chi connectivity index (χ4n) is 1.37. The minimum Gasteiger partial charge on any atom is -0.495 e. The Bertz CT molecular complexity index is 450. The normalized spacial score (nSPS) is 15.0. The number of benzene rings is 1. The van der Waals surface area contributed by atoms with Crippen LogP contribution in [0.1, 0.15) is 25.3 Å². The highest BCUT2D eigenvalue weighted by molar-refractivity contribution is 7.91. The van der Waals surface area contributed by atoms with Crippen LogP contribution in [-0.2, 0) is 9.73 Å². The monoisotopic (exact) mass is 227 g/mol. The van der Waals surface area contributed by atoms with Gasteiger partial charge in [0.25, 0.3) is 0 Å². The average Bonchev–Trinajstić information content (AvgIpc) is 2.15. The van der Waals surface area contributed by atoms with E-state index in [0.717, 1.165) is 5.56 Å². The molecule has 0 saturated heterocycles. The number of nitrogens with one attached hydrogen (secondary N) is 1. The summed E-state index contributed by atoms with van der Waals surface area (Å²) in [5.74, 6) is 0.940. The smallest absolute Gasteiger partial charge is 0.136 e. The summed E-state index contributed by atoms with van der Waals surface area (Å²) >= 11 is 0. The summed E-state index contributed by atoms with van der Waals surface area (Å²) in [7, 11) is -1.18. The maximum atomic E-state index is 11.6. The van der Waals surface area contributed by atoms with Gasteiger partial charge in [0, 0.05) is 6.26 Å². The molecule has 1 atom stereocenters. The van der Waals surface area contributed by atoms with Crippen LogP contribution in [0.5, 0.6) is 5.75 Å². The molecule has 1 unspecified atom stereocenters. The highest BCUT2D eigenvalue weighted by atomic mass is 32.2. The van der Waals surface area contributed by atoms with Crippen molar-refractivity contribution in [1.29, 1.82) is 4.78 Å². The van der Waals surface area contributed by atoms with E-state index in [-0.39, 0.29) is 0 Å². The topological polar surface area (TPSA) is 50.1 Å². The molecule has 0 fully saturated rings. The summed E-state index contributed by atoms with van der Waals surface area (Å²) in [5, 5.41) is 0. The molecule has 1 aromatic rings. The quantitative estimate of drug-likeness (QED) is 0.863. The van der Waals surface area contributed by atoms with Gasteiger partial charge in [0.2, 0.25) is 0 Å². The Hall–Kier alpha value is -1.03. The maximum Gasteiger partial charge on any atom is 0.136 e. The minimum atomic E-state index is -2.71. The van der Waals surface area contributed by atoms with Crippen molar-refractivity contribution in [1.82, 2.24) is 0 Å². The second-order valence-electron chi connectivity index (χ2n) is 3.91. The lowest BCUT2D eigenvalue weighted by molar-refractivity contribution is 0.403. The summed E-state index contributed by atoms with van der Waals surface area (Å²) in [6.07, 6.45) is 1.40. The van der Waals surface area contributed by atoms with Crippen LogP contribution in [0.15, 0.2) is 23.1 Å². The summed E-state index contributed by atoms with van der Waals surface area (Å²) < 4.78 is 24.3. The molecule has 1 aromatic carbocycles. The molecule has 0 heterocycles. The summed E-state index contributed by atoms with van der Waals surface area (Å²) in [5.41, 5.74) is 1.12. The first-order chi connectivity index (χ1) is 6.86. The molecule has 3 nitrogen and oxygen atoms in total. The van der Waals surface area contributed by atoms with Gasteiger partial charge >= 0.3 is 0 Å². The first kappa shape index (κ1) is 12.0. The third-order valence-electron chi connectivity index (χ3n) is 2.27. The van der Waals surface area contributed by atoms with E-state index in [0.29, 0.717) is 16.6 Å². The lowest BCUT2D eigenvalue weighted by atomic mass is 10.0. The van der Waals surface area contributed by atoms with Gasteiger partial charge < -0.3 is 4.74 Å². The Morgan fingerprint density at radius 2 is 2.00 bits per heavy atom. The maximum absolute atomic E-state index is 11.6. The predicted octanol–water partition coefficient (Wildman–Crippen LogP) is 2.85. The minimum absolute atomic E-state index is 0.395. The standard InChI is InChI=1S/C11H17NO2S/c1-8(2)9-5-6-11(15(4,12)13)10(7-9)14-3/h5-8,12H,1-4H3. The second kappa shape index (κ2) is 4.23. The van der Waals surface area contributed by atoms with Crippen molar-refractivity contribution in [3.05, 3.63) is 23.8 Å². The third-order valence-corrected chi connectivity index (χ3v) is 3.45. The Morgan fingerprint density at radius 3 is 2.40 bits per heavy atom. The van der Waals surface area contributed by atoms with Crippen molar-refractivity contribution in [3.8, 4) is 5.75 Å². The fourth-order valence-corrected chi connectivity index (χ4v) is 2.22. The molecule has 1 rings (SSSR count). The second-order valence-corrected chi connectivity index (χ2v) is 6.04. The van der Waals surface area contributed by atoms with Crippen molar-refractivity contribution in [2.75, 3.05) is 13.4 Å². The van der Waals surface area contributed by atoms with E-state index in [4.69, 9.17) is 9.52 Å². The molecule has 0 spiro atoms. The van der Waals surface area contributed by atoms with E-state index in [1.165, 1.54) is 13.4 Å². The van der Waals surface area contributed by atoms with E-state index < -0.39 is 9.73 Å². The van der Waals surface area contributed by atoms with Gasteiger partial charge in [-0.25, -0.2) is 8.99 Å². The van der Waals surface area contributed by atoms with Crippen LogP contribution >= 0.6 is 0 Å². The molecule has 15 heavy (non-hydrogen) atoms. The Labute approximate surface area is 91.4 Å². The number of hydrogen-bond acceptors (Lipinski definition) is 3. The lowest BCUT2D eigenvalue weighted by Gasteiger charge is -2.12. The number of ether oxygens (including phenoxy) is 1. The van der Waals surface area contributed by atoms with Gasteiger partial charge in [0.15, 0.2) is 0 Å². The fraction of sp³-hybridized carbons (Fsp3) is 0.455. The van der Waals surface area contributed by atoms with Crippen molar-refractivity contribution in [2.24, 2.45) is 0 Å². The van der Waals surface area contributed by atoms with E-state index in [1.54, 1.807) is 6.07 Å². The van der Waals surface area contributed by atoms with E-state index in [2.05, 4.69) is 13.8 Å². The van der Waals surface area contributed by atoms with Crippen LogP contribution in [0.2, 0.25) is 0 Å². The summed E-state index contributed by atoms with van der Waals surface area (Å²) in [6, 6.07) is 5.49. The van der Waals surface area contributed by atoms with Gasteiger partial charge in [0.1, 0.15) is 5.75 Å². The van der Waals surface area contributed by atoms with Gasteiger partial charge in [-0.2, -0.15) is 0 Å². The Morgan fingerprint density at radius 1 is 1.40 bits per heavy atom. The number of rotatable bonds is 3. The molecule has 84 valence electrons. The highest BCUT2D eigenvalue weighted by Gasteiger charge is 2.12. The predicted molar refractivity (Wildman–Crippen MR) is 62.1 cm³/mol. The molecule has 0 bridgehead atoms. The number of hydrogen-bond donors (Lipinski definition) is 1. The van der Waals surface area contributed by atoms with Crippen LogP contribution in [0.4, 0.5) is 0 Å². The molecular weight excluding hydrogens is 210 g/mol. The van der Waals surface area contributed by atoms with Gasteiger partial charge in [-0.05, 0) is 23.6 Å². The number of methoxy groups -OCH3 is 1. The van der Waals surface area contributed by atoms with Crippen LogP contribution in [0.3, 0.4) is 0 Å². The van der Waals surface area contributed by atoms with Gasteiger partial charge in [-0.15, -0.1) is 0 Å². The zero-order chi connectivity index (χ0) is 11.6. The van der Waals surface area contributed by atoms with Crippen LogP contribution in [0, 0.1) is 4.78 Å². The van der Waals surface area contributed by atoms with Crippen LogP contribution in [-0.4, -0.2) is 17.6 Å². The first-order valence-corrected chi connectivity index (χ1v) is 6.74. The first-order valence-electron chi connectivity index (χ1n) is 4.78. The van der Waals surface area contributed by atoms with Gasteiger partial charge in [0.05, 0.1) is 21.7 Å². The van der Waals surface area contributed by atoms with E-state index in [9.17, 15) is 4.21 Å². The van der Waals surface area contributed by atoms with Gasteiger partial charge in [-0.3, -0.25) is 0 Å². The van der Waals surface area contributed by atoms with E-state index >= 15 is 0 Å². The molecule has 0 aliphatic heterocycles. The average molecular weight is 227 g/mol. The molecule has 0 aromatic heterocycles. The molecule has 0 aliphatic carbocycles. The SMILES string of the molecule is COc1cc(C(C)C)ccc1S(C)(=N)=O. The van der Waals surface area contributed by atoms with Crippen LogP contribution < -0.4 is 4.74 Å². The summed E-state index contributed by atoms with van der Waals surface area (Å²) in [4.78, 5) is 0.467. The Balaban J connectivity index is 3.34. The van der Waals surface area contributed by atoms with E-state index in [1.807, 2.05) is 12.1 Å². The largest absolute Gasteiger partial charge is 0.495 e. The molecule has 4 heteroatoms. The van der Waals surface area contributed by atoms with Crippen molar-refractivity contribution in [2.45, 2.75) is 24.7 Å². The summed E-state index contributed by atoms with van der Waals surface area (Å²) in [6.45, 7) is 4.16. The van der Waals surface area contributed by atoms with Crippen molar-refractivity contribution >= 4 is 9.73 Å². The lowest BCUT2D eigenvalue weighted by Crippen LogP contribution is -2.00. The highest BCUT2D eigenvalue weighted by Crippen LogP contribution is 2.28. The zero-order valence-electron chi connectivity index (χ0n) is 9.53.